The Labute approximate surface area is 145 Å². The SMILES string of the molecule is CCCCn1/c(=N/S(=O)(=O)c2ccc(N)cc2)sc2ccccc21. The Morgan fingerprint density at radius 1 is 1.12 bits per heavy atom. The zero-order valence-electron chi connectivity index (χ0n) is 13.3. The van der Waals surface area contributed by atoms with Gasteiger partial charge in [-0.25, -0.2) is 0 Å². The maximum atomic E-state index is 12.6. The van der Waals surface area contributed by atoms with E-state index in [-0.39, 0.29) is 4.90 Å². The highest BCUT2D eigenvalue weighted by molar-refractivity contribution is 7.90. The van der Waals surface area contributed by atoms with Crippen LogP contribution in [-0.4, -0.2) is 13.0 Å². The molecule has 0 unspecified atom stereocenters. The van der Waals surface area contributed by atoms with E-state index in [1.165, 1.54) is 23.5 Å². The molecule has 0 fully saturated rings. The summed E-state index contributed by atoms with van der Waals surface area (Å²) in [5.41, 5.74) is 7.16. The van der Waals surface area contributed by atoms with E-state index in [1.807, 2.05) is 28.8 Å². The van der Waals surface area contributed by atoms with Crippen molar-refractivity contribution in [3.63, 3.8) is 0 Å². The molecule has 5 nitrogen and oxygen atoms in total. The van der Waals surface area contributed by atoms with Gasteiger partial charge in [0.05, 0.1) is 15.1 Å². The molecule has 0 spiro atoms. The normalized spacial score (nSPS) is 12.8. The topological polar surface area (TPSA) is 77.5 Å². The van der Waals surface area contributed by atoms with Crippen molar-refractivity contribution in [1.29, 1.82) is 0 Å². The van der Waals surface area contributed by atoms with Crippen LogP contribution in [0.3, 0.4) is 0 Å². The van der Waals surface area contributed by atoms with E-state index in [1.54, 1.807) is 12.1 Å². The minimum atomic E-state index is -3.77. The Hall–Kier alpha value is -2.12. The van der Waals surface area contributed by atoms with Gasteiger partial charge in [0.1, 0.15) is 0 Å². The number of aryl methyl sites for hydroxylation is 1. The number of thiazole rings is 1. The highest BCUT2D eigenvalue weighted by Gasteiger charge is 2.14. The van der Waals surface area contributed by atoms with Gasteiger partial charge >= 0.3 is 0 Å². The first-order chi connectivity index (χ1) is 11.5. The number of aromatic nitrogens is 1. The molecule has 0 atom stereocenters. The molecule has 126 valence electrons. The van der Waals surface area contributed by atoms with Crippen molar-refractivity contribution in [3.8, 4) is 0 Å². The molecule has 2 aromatic carbocycles. The third-order valence-corrected chi connectivity index (χ3v) is 6.16. The largest absolute Gasteiger partial charge is 0.399 e. The van der Waals surface area contributed by atoms with Gasteiger partial charge in [-0.2, -0.15) is 8.42 Å². The maximum Gasteiger partial charge on any atom is 0.285 e. The van der Waals surface area contributed by atoms with Crippen molar-refractivity contribution in [3.05, 3.63) is 53.3 Å². The van der Waals surface area contributed by atoms with E-state index in [2.05, 4.69) is 11.3 Å². The van der Waals surface area contributed by atoms with Crippen LogP contribution in [-0.2, 0) is 16.6 Å². The van der Waals surface area contributed by atoms with E-state index in [4.69, 9.17) is 5.73 Å². The first-order valence-electron chi connectivity index (χ1n) is 7.76. The summed E-state index contributed by atoms with van der Waals surface area (Å²) in [5, 5.41) is 0. The molecular weight excluding hydrogens is 342 g/mol. The smallest absolute Gasteiger partial charge is 0.285 e. The number of fused-ring (bicyclic) bond motifs is 1. The zero-order valence-corrected chi connectivity index (χ0v) is 15.0. The number of benzene rings is 2. The van der Waals surface area contributed by atoms with E-state index in [0.29, 0.717) is 10.5 Å². The average Bonchev–Trinajstić information content (AvgIpc) is 2.89. The number of sulfonamides is 1. The number of nitrogens with two attached hydrogens (primary N) is 1. The molecule has 0 aliphatic carbocycles. The monoisotopic (exact) mass is 361 g/mol. The first-order valence-corrected chi connectivity index (χ1v) is 10.0. The summed E-state index contributed by atoms with van der Waals surface area (Å²) in [7, 11) is -3.77. The lowest BCUT2D eigenvalue weighted by Crippen LogP contribution is -2.17. The number of para-hydroxylation sites is 1. The minimum absolute atomic E-state index is 0.149. The molecule has 0 bridgehead atoms. The fraction of sp³-hybridized carbons (Fsp3) is 0.235. The van der Waals surface area contributed by atoms with E-state index in [0.717, 1.165) is 29.6 Å². The van der Waals surface area contributed by atoms with Gasteiger partial charge in [-0.1, -0.05) is 36.8 Å². The lowest BCUT2D eigenvalue weighted by Gasteiger charge is -2.04. The number of nitrogen functional groups attached to an aromatic ring is 1. The zero-order chi connectivity index (χ0) is 17.2. The van der Waals surface area contributed by atoms with Gasteiger partial charge in [0, 0.05) is 12.2 Å². The molecule has 3 aromatic rings. The number of nitrogens with zero attached hydrogens (tertiary/aromatic N) is 2. The molecule has 0 saturated heterocycles. The maximum absolute atomic E-state index is 12.6. The van der Waals surface area contributed by atoms with Crippen LogP contribution in [0.2, 0.25) is 0 Å². The Balaban J connectivity index is 2.16. The Kier molecular flexibility index (Phi) is 4.73. The van der Waals surface area contributed by atoms with E-state index >= 15 is 0 Å². The molecule has 1 heterocycles. The van der Waals surface area contributed by atoms with E-state index in [9.17, 15) is 8.42 Å². The van der Waals surface area contributed by atoms with Crippen molar-refractivity contribution < 1.29 is 8.42 Å². The van der Waals surface area contributed by atoms with Crippen LogP contribution in [0.1, 0.15) is 19.8 Å². The standard InChI is InChI=1S/C17H19N3O2S2/c1-2-3-12-20-15-6-4-5-7-16(15)23-17(20)19-24(21,22)14-10-8-13(18)9-11-14/h4-11H,2-3,12,18H2,1H3/b19-17-. The molecule has 0 aliphatic rings. The van der Waals surface area contributed by atoms with Crippen molar-refractivity contribution in [2.45, 2.75) is 31.2 Å². The van der Waals surface area contributed by atoms with Gasteiger partial charge in [-0.05, 0) is 42.8 Å². The summed E-state index contributed by atoms with van der Waals surface area (Å²) in [6.45, 7) is 2.85. The summed E-state index contributed by atoms with van der Waals surface area (Å²) < 4.78 is 32.3. The molecular formula is C17H19N3O2S2. The average molecular weight is 361 g/mol. The molecule has 0 saturated carbocycles. The highest BCUT2D eigenvalue weighted by atomic mass is 32.2. The molecule has 2 N–H and O–H groups in total. The molecule has 0 amide bonds. The van der Waals surface area contributed by atoms with Gasteiger partial charge in [-0.15, -0.1) is 4.40 Å². The fourth-order valence-corrected chi connectivity index (χ4v) is 4.68. The molecule has 0 aliphatic heterocycles. The van der Waals surface area contributed by atoms with Gasteiger partial charge in [0.2, 0.25) is 4.80 Å². The fourth-order valence-electron chi connectivity index (χ4n) is 2.42. The molecule has 3 rings (SSSR count). The quantitative estimate of drug-likeness (QED) is 0.708. The number of rotatable bonds is 5. The van der Waals surface area contributed by atoms with Crippen molar-refractivity contribution in [2.24, 2.45) is 4.40 Å². The van der Waals surface area contributed by atoms with Crippen LogP contribution >= 0.6 is 11.3 Å². The predicted molar refractivity (Wildman–Crippen MR) is 98.3 cm³/mol. The minimum Gasteiger partial charge on any atom is -0.399 e. The molecule has 1 aromatic heterocycles. The molecule has 0 radical (unpaired) electrons. The summed E-state index contributed by atoms with van der Waals surface area (Å²) in [6, 6.07) is 14.0. The third-order valence-electron chi connectivity index (χ3n) is 3.70. The molecule has 24 heavy (non-hydrogen) atoms. The number of hydrogen-bond acceptors (Lipinski definition) is 4. The van der Waals surface area contributed by atoms with Crippen LogP contribution in [0.25, 0.3) is 10.2 Å². The van der Waals surface area contributed by atoms with Crippen LogP contribution in [0.5, 0.6) is 0 Å². The van der Waals surface area contributed by atoms with Crippen LogP contribution in [0, 0.1) is 0 Å². The number of unbranched alkanes of at least 4 members (excludes halogenated alkanes) is 1. The highest BCUT2D eigenvalue weighted by Crippen LogP contribution is 2.19. The Morgan fingerprint density at radius 2 is 1.83 bits per heavy atom. The first kappa shape index (κ1) is 16.7. The third kappa shape index (κ3) is 3.37. The summed E-state index contributed by atoms with van der Waals surface area (Å²) >= 11 is 1.39. The summed E-state index contributed by atoms with van der Waals surface area (Å²) in [6.07, 6.45) is 2.00. The summed E-state index contributed by atoms with van der Waals surface area (Å²) in [4.78, 5) is 0.651. The number of hydrogen-bond donors (Lipinski definition) is 1. The van der Waals surface area contributed by atoms with E-state index < -0.39 is 10.0 Å². The van der Waals surface area contributed by atoms with Crippen molar-refractivity contribution in [2.75, 3.05) is 5.73 Å². The van der Waals surface area contributed by atoms with Crippen molar-refractivity contribution in [1.82, 2.24) is 4.57 Å². The van der Waals surface area contributed by atoms with Gasteiger partial charge < -0.3 is 10.3 Å². The Bertz CT molecular complexity index is 1020. The van der Waals surface area contributed by atoms with Crippen LogP contribution in [0.4, 0.5) is 5.69 Å². The molecule has 7 heteroatoms. The summed E-state index contributed by atoms with van der Waals surface area (Å²) in [5.74, 6) is 0. The van der Waals surface area contributed by atoms with Gasteiger partial charge in [0.25, 0.3) is 10.0 Å². The van der Waals surface area contributed by atoms with Gasteiger partial charge in [0.15, 0.2) is 0 Å². The number of anilines is 1. The van der Waals surface area contributed by atoms with Crippen LogP contribution in [0.15, 0.2) is 57.8 Å². The second kappa shape index (κ2) is 6.78. The lowest BCUT2D eigenvalue weighted by atomic mass is 10.3. The lowest BCUT2D eigenvalue weighted by molar-refractivity contribution is 0.593. The Morgan fingerprint density at radius 3 is 2.54 bits per heavy atom. The van der Waals surface area contributed by atoms with Crippen LogP contribution < -0.4 is 10.5 Å². The van der Waals surface area contributed by atoms with Gasteiger partial charge in [-0.3, -0.25) is 0 Å². The predicted octanol–water partition coefficient (Wildman–Crippen LogP) is 3.37. The van der Waals surface area contributed by atoms with Crippen molar-refractivity contribution >= 4 is 37.3 Å². The second-order valence-corrected chi connectivity index (χ2v) is 8.11. The second-order valence-electron chi connectivity index (χ2n) is 5.49.